The molecule has 0 bridgehead atoms. The molecule has 4 heterocycles. The van der Waals surface area contributed by atoms with E-state index in [0.29, 0.717) is 6.04 Å². The average Bonchev–Trinajstić information content (AvgIpc) is 3.41. The number of fused-ring (bicyclic) bond motifs is 1. The molecule has 0 radical (unpaired) electrons. The largest absolute Gasteiger partial charge is 0.507 e. The second kappa shape index (κ2) is 8.54. The Hall–Kier alpha value is -2.20. The monoisotopic (exact) mass is 504 g/mol. The smallest absolute Gasteiger partial charge is 0.188 e. The van der Waals surface area contributed by atoms with E-state index in [1.807, 2.05) is 12.1 Å². The van der Waals surface area contributed by atoms with Gasteiger partial charge in [0, 0.05) is 35.9 Å². The van der Waals surface area contributed by atoms with Gasteiger partial charge >= 0.3 is 0 Å². The molecule has 4 aromatic rings. The summed E-state index contributed by atoms with van der Waals surface area (Å²) in [7, 11) is 2.14. The number of H-pyrrole nitrogens is 1. The Bertz CT molecular complexity index is 1220. The topological polar surface area (TPSA) is 90.0 Å². The number of rotatable bonds is 4. The predicted octanol–water partition coefficient (Wildman–Crippen LogP) is 5.68. The van der Waals surface area contributed by atoms with Gasteiger partial charge in [0.25, 0.3) is 0 Å². The predicted molar refractivity (Wildman–Crippen MR) is 140 cm³/mol. The van der Waals surface area contributed by atoms with Gasteiger partial charge < -0.3 is 15.3 Å². The first-order chi connectivity index (χ1) is 15.1. The first-order valence-electron chi connectivity index (χ1n) is 10.7. The number of benzene rings is 1. The zero-order chi connectivity index (χ0) is 22.7. The second-order valence-corrected chi connectivity index (χ2v) is 11.8. The number of aromatic amines is 1. The van der Waals surface area contributed by atoms with E-state index in [0.717, 1.165) is 49.3 Å². The zero-order valence-corrected chi connectivity index (χ0v) is 21.8. The number of anilines is 1. The van der Waals surface area contributed by atoms with Gasteiger partial charge in [0.05, 0.1) is 11.8 Å². The van der Waals surface area contributed by atoms with Crippen LogP contribution in [-0.2, 0) is 0 Å². The van der Waals surface area contributed by atoms with Crippen molar-refractivity contribution in [3.63, 3.8) is 0 Å². The lowest BCUT2D eigenvalue weighted by molar-refractivity contribution is 0.161. The van der Waals surface area contributed by atoms with E-state index in [1.165, 1.54) is 11.3 Å². The highest BCUT2D eigenvalue weighted by molar-refractivity contribution is 7.29. The minimum absolute atomic E-state index is 0. The van der Waals surface area contributed by atoms with Crippen LogP contribution in [0.15, 0.2) is 30.6 Å². The number of phenols is 1. The van der Waals surface area contributed by atoms with E-state index in [-0.39, 0.29) is 29.2 Å². The molecule has 1 aromatic carbocycles. The molecule has 1 aliphatic heterocycles. The lowest BCUT2D eigenvalue weighted by Crippen LogP contribution is -2.61. The highest BCUT2D eigenvalue weighted by Crippen LogP contribution is 2.41. The van der Waals surface area contributed by atoms with Crippen molar-refractivity contribution >= 4 is 49.9 Å². The number of phenolic OH excluding ortho intramolecular Hbond substituents is 1. The molecular weight excluding hydrogens is 476 g/mol. The Morgan fingerprint density at radius 1 is 1.03 bits per heavy atom. The molecule has 1 saturated heterocycles. The number of piperidine rings is 1. The minimum atomic E-state index is 0. The molecule has 3 N–H and O–H groups in total. The highest BCUT2D eigenvalue weighted by Gasteiger charge is 2.39. The van der Waals surface area contributed by atoms with Crippen LogP contribution in [0.3, 0.4) is 0 Å². The molecule has 0 spiro atoms. The standard InChI is InChI=1S/C23H28N6OS2.ClH/c1-22(2)9-15(10-23(3,4)28-22)29(5)21-27-20-19(32-21)26-18(31-20)16-7-6-13(8-17(16)30)14-11-24-25-12-14;/h6-8,11-12,15,28,30H,9-10H2,1-5H3,(H,24,25);1H. The van der Waals surface area contributed by atoms with Gasteiger partial charge in [-0.15, -0.1) is 12.4 Å². The molecule has 1 aliphatic rings. The summed E-state index contributed by atoms with van der Waals surface area (Å²) in [6, 6.07) is 6.05. The number of nitrogens with one attached hydrogen (secondary N) is 2. The molecule has 5 rings (SSSR count). The number of aromatic nitrogens is 4. The maximum absolute atomic E-state index is 10.6. The summed E-state index contributed by atoms with van der Waals surface area (Å²) < 4.78 is 0. The van der Waals surface area contributed by atoms with Gasteiger partial charge in [0.1, 0.15) is 10.8 Å². The van der Waals surface area contributed by atoms with E-state index in [9.17, 15) is 5.11 Å². The zero-order valence-electron chi connectivity index (χ0n) is 19.3. The summed E-state index contributed by atoms with van der Waals surface area (Å²) in [6.45, 7) is 9.08. The third kappa shape index (κ3) is 4.73. The summed E-state index contributed by atoms with van der Waals surface area (Å²) in [5, 5.41) is 22.9. The molecule has 33 heavy (non-hydrogen) atoms. The van der Waals surface area contributed by atoms with E-state index < -0.39 is 0 Å². The number of hydrogen-bond acceptors (Lipinski definition) is 8. The van der Waals surface area contributed by atoms with E-state index in [4.69, 9.17) is 9.97 Å². The van der Waals surface area contributed by atoms with Crippen LogP contribution in [0.4, 0.5) is 5.13 Å². The average molecular weight is 505 g/mol. The van der Waals surface area contributed by atoms with Crippen LogP contribution in [0.25, 0.3) is 31.4 Å². The van der Waals surface area contributed by atoms with Gasteiger partial charge in [-0.2, -0.15) is 5.10 Å². The lowest BCUT2D eigenvalue weighted by atomic mass is 9.79. The Morgan fingerprint density at radius 3 is 2.33 bits per heavy atom. The van der Waals surface area contributed by atoms with Crippen molar-refractivity contribution in [1.82, 2.24) is 25.5 Å². The van der Waals surface area contributed by atoms with Gasteiger partial charge in [-0.1, -0.05) is 28.7 Å². The maximum atomic E-state index is 10.6. The molecule has 10 heteroatoms. The molecule has 1 fully saturated rings. The Balaban J connectivity index is 0.00000259. The third-order valence-corrected chi connectivity index (χ3v) is 8.19. The van der Waals surface area contributed by atoms with Crippen LogP contribution in [0.5, 0.6) is 5.75 Å². The van der Waals surface area contributed by atoms with Crippen molar-refractivity contribution in [3.05, 3.63) is 30.6 Å². The number of aromatic hydroxyl groups is 1. The van der Waals surface area contributed by atoms with Gasteiger partial charge in [-0.25, -0.2) is 9.97 Å². The molecule has 0 amide bonds. The van der Waals surface area contributed by atoms with Gasteiger partial charge in [0.15, 0.2) is 14.8 Å². The van der Waals surface area contributed by atoms with Crippen molar-refractivity contribution in [2.75, 3.05) is 11.9 Å². The minimum Gasteiger partial charge on any atom is -0.507 e. The first kappa shape index (κ1) is 23.9. The van der Waals surface area contributed by atoms with Crippen LogP contribution < -0.4 is 10.2 Å². The van der Waals surface area contributed by atoms with E-state index in [1.54, 1.807) is 29.8 Å². The first-order valence-corrected chi connectivity index (χ1v) is 12.4. The SMILES string of the molecule is CN(c1nc2sc(-c3ccc(-c4cn[nH]c4)cc3O)nc2s1)C1CC(C)(C)NC(C)(C)C1.Cl. The molecule has 0 unspecified atom stereocenters. The van der Waals surface area contributed by atoms with Crippen LogP contribution >= 0.6 is 35.1 Å². The van der Waals surface area contributed by atoms with Crippen molar-refractivity contribution in [2.24, 2.45) is 0 Å². The fraction of sp³-hybridized carbons (Fsp3) is 0.435. The van der Waals surface area contributed by atoms with E-state index >= 15 is 0 Å². The number of hydrogen-bond donors (Lipinski definition) is 3. The molecular formula is C23H29ClN6OS2. The van der Waals surface area contributed by atoms with Crippen LogP contribution in [0, 0.1) is 0 Å². The summed E-state index contributed by atoms with van der Waals surface area (Å²) in [4.78, 5) is 13.9. The lowest BCUT2D eigenvalue weighted by Gasteiger charge is -2.48. The van der Waals surface area contributed by atoms with Crippen molar-refractivity contribution in [3.8, 4) is 27.4 Å². The maximum Gasteiger partial charge on any atom is 0.188 e. The highest BCUT2D eigenvalue weighted by atomic mass is 35.5. The summed E-state index contributed by atoms with van der Waals surface area (Å²) in [6.07, 6.45) is 5.67. The molecule has 3 aromatic heterocycles. The molecule has 0 aliphatic carbocycles. The normalized spacial score (nSPS) is 17.7. The Kier molecular flexibility index (Phi) is 6.20. The van der Waals surface area contributed by atoms with Crippen molar-refractivity contribution < 1.29 is 5.11 Å². The number of thiazole rings is 2. The molecule has 7 nitrogen and oxygen atoms in total. The van der Waals surface area contributed by atoms with Crippen molar-refractivity contribution in [2.45, 2.75) is 57.7 Å². The number of nitrogens with zero attached hydrogens (tertiary/aromatic N) is 4. The van der Waals surface area contributed by atoms with Gasteiger partial charge in [-0.3, -0.25) is 5.10 Å². The second-order valence-electron chi connectivity index (χ2n) is 9.91. The van der Waals surface area contributed by atoms with E-state index in [2.05, 4.69) is 55.2 Å². The van der Waals surface area contributed by atoms with Gasteiger partial charge in [-0.05, 0) is 58.2 Å². The fourth-order valence-electron chi connectivity index (χ4n) is 4.90. The molecule has 0 saturated carbocycles. The Labute approximate surface area is 207 Å². The fourth-order valence-corrected chi connectivity index (χ4v) is 7.00. The van der Waals surface area contributed by atoms with Crippen LogP contribution in [-0.4, -0.2) is 49.4 Å². The summed E-state index contributed by atoms with van der Waals surface area (Å²) >= 11 is 3.14. The molecule has 0 atom stereocenters. The molecule has 176 valence electrons. The Morgan fingerprint density at radius 2 is 1.73 bits per heavy atom. The van der Waals surface area contributed by atoms with Crippen molar-refractivity contribution in [1.29, 1.82) is 0 Å². The third-order valence-electron chi connectivity index (χ3n) is 6.04. The summed E-state index contributed by atoms with van der Waals surface area (Å²) in [5.41, 5.74) is 2.74. The van der Waals surface area contributed by atoms with Gasteiger partial charge in [0.2, 0.25) is 0 Å². The number of halogens is 1. The summed E-state index contributed by atoms with van der Waals surface area (Å²) in [5.74, 6) is 0.210. The quantitative estimate of drug-likeness (QED) is 0.331. The van der Waals surface area contributed by atoms with Crippen LogP contribution in [0.2, 0.25) is 0 Å². The van der Waals surface area contributed by atoms with Crippen LogP contribution in [0.1, 0.15) is 40.5 Å².